The molecule has 1 aliphatic rings. The number of ether oxygens (including phenoxy) is 1. The molecule has 0 radical (unpaired) electrons. The van der Waals surface area contributed by atoms with E-state index in [0.717, 1.165) is 17.1 Å². The average molecular weight is 398 g/mol. The number of hydrogen-bond donors (Lipinski definition) is 1. The van der Waals surface area contributed by atoms with Crippen molar-refractivity contribution in [3.63, 3.8) is 0 Å². The summed E-state index contributed by atoms with van der Waals surface area (Å²) in [4.78, 5) is 25.5. The fourth-order valence-electron chi connectivity index (χ4n) is 2.34. The molecule has 1 aromatic rings. The predicted molar refractivity (Wildman–Crippen MR) is 85.1 cm³/mol. The second-order valence-corrected chi connectivity index (χ2v) is 8.92. The molecule has 0 spiro atoms. The van der Waals surface area contributed by atoms with Crippen molar-refractivity contribution < 1.29 is 29.9 Å². The van der Waals surface area contributed by atoms with Crippen LogP contribution in [0.4, 0.5) is 0 Å². The first-order chi connectivity index (χ1) is 11.4. The SMILES string of the molecule is Cc1cn([C@@H]2C[C@H](OS(C)(=O)=O)[C@H](COS(C)(=O)=O)O2)c(=O)[nH]c1=O. The molecule has 1 aromatic heterocycles. The quantitative estimate of drug-likeness (QED) is 0.562. The van der Waals surface area contributed by atoms with Crippen LogP contribution in [0.5, 0.6) is 0 Å². The fourth-order valence-corrected chi connectivity index (χ4v) is 3.37. The third kappa shape index (κ3) is 5.47. The van der Waals surface area contributed by atoms with Gasteiger partial charge in [0.2, 0.25) is 0 Å². The second kappa shape index (κ2) is 6.99. The molecule has 0 unspecified atom stereocenters. The van der Waals surface area contributed by atoms with Crippen LogP contribution in [-0.2, 0) is 33.3 Å². The van der Waals surface area contributed by atoms with E-state index in [1.807, 2.05) is 0 Å². The molecule has 0 aromatic carbocycles. The summed E-state index contributed by atoms with van der Waals surface area (Å²) >= 11 is 0. The predicted octanol–water partition coefficient (Wildman–Crippen LogP) is -1.55. The number of aryl methyl sites for hydroxylation is 1. The van der Waals surface area contributed by atoms with Gasteiger partial charge in [-0.05, 0) is 6.92 Å². The number of aromatic amines is 1. The minimum atomic E-state index is -3.86. The normalized spacial score (nSPS) is 24.5. The van der Waals surface area contributed by atoms with Crippen molar-refractivity contribution >= 4 is 20.2 Å². The fraction of sp³-hybridized carbons (Fsp3) is 0.667. The van der Waals surface area contributed by atoms with Gasteiger partial charge in [-0.25, -0.2) is 4.79 Å². The van der Waals surface area contributed by atoms with Crippen LogP contribution in [0.2, 0.25) is 0 Å². The van der Waals surface area contributed by atoms with Crippen molar-refractivity contribution in [2.24, 2.45) is 0 Å². The molecule has 1 fully saturated rings. The number of nitrogens with zero attached hydrogens (tertiary/aromatic N) is 1. The highest BCUT2D eigenvalue weighted by atomic mass is 32.2. The lowest BCUT2D eigenvalue weighted by atomic mass is 10.2. The van der Waals surface area contributed by atoms with Gasteiger partial charge < -0.3 is 4.74 Å². The molecular weight excluding hydrogens is 380 g/mol. The first kappa shape index (κ1) is 19.8. The van der Waals surface area contributed by atoms with Crippen LogP contribution in [-0.4, -0.2) is 57.7 Å². The zero-order valence-corrected chi connectivity index (χ0v) is 15.3. The zero-order valence-electron chi connectivity index (χ0n) is 13.7. The van der Waals surface area contributed by atoms with E-state index >= 15 is 0 Å². The van der Waals surface area contributed by atoms with Crippen LogP contribution < -0.4 is 11.2 Å². The second-order valence-electron chi connectivity index (χ2n) is 5.67. The van der Waals surface area contributed by atoms with Crippen molar-refractivity contribution in [3.8, 4) is 0 Å². The third-order valence-electron chi connectivity index (χ3n) is 3.38. The molecule has 1 N–H and O–H groups in total. The summed E-state index contributed by atoms with van der Waals surface area (Å²) in [5.41, 5.74) is -1.05. The summed E-state index contributed by atoms with van der Waals surface area (Å²) in [7, 11) is -7.64. The monoisotopic (exact) mass is 398 g/mol. The van der Waals surface area contributed by atoms with Crippen molar-refractivity contribution in [2.75, 3.05) is 19.1 Å². The molecule has 0 aliphatic carbocycles. The molecule has 2 rings (SSSR count). The molecule has 25 heavy (non-hydrogen) atoms. The highest BCUT2D eigenvalue weighted by Gasteiger charge is 2.40. The molecule has 2 heterocycles. The van der Waals surface area contributed by atoms with Crippen molar-refractivity contribution in [1.29, 1.82) is 0 Å². The molecule has 11 nitrogen and oxygen atoms in total. The number of H-pyrrole nitrogens is 1. The van der Waals surface area contributed by atoms with E-state index in [2.05, 4.69) is 9.17 Å². The maximum Gasteiger partial charge on any atom is 0.330 e. The van der Waals surface area contributed by atoms with Gasteiger partial charge in [0, 0.05) is 18.2 Å². The van der Waals surface area contributed by atoms with E-state index in [4.69, 9.17) is 8.92 Å². The Labute approximate surface area is 143 Å². The van der Waals surface area contributed by atoms with Gasteiger partial charge in [-0.15, -0.1) is 0 Å². The molecule has 142 valence electrons. The molecular formula is C12H18N2O9S2. The Kier molecular flexibility index (Phi) is 5.53. The Morgan fingerprint density at radius 1 is 1.24 bits per heavy atom. The number of aromatic nitrogens is 2. The Hall–Kier alpha value is -1.54. The summed E-state index contributed by atoms with van der Waals surface area (Å²) in [5.74, 6) is 0. The molecule has 13 heteroatoms. The molecule has 1 saturated heterocycles. The van der Waals surface area contributed by atoms with E-state index in [1.165, 1.54) is 13.1 Å². The highest BCUT2D eigenvalue weighted by molar-refractivity contribution is 7.86. The van der Waals surface area contributed by atoms with Crippen molar-refractivity contribution in [1.82, 2.24) is 9.55 Å². The summed E-state index contributed by atoms with van der Waals surface area (Å²) in [6.07, 6.45) is -0.177. The van der Waals surface area contributed by atoms with Crippen molar-refractivity contribution in [2.45, 2.75) is 31.8 Å². The van der Waals surface area contributed by atoms with Gasteiger partial charge in [-0.2, -0.15) is 16.8 Å². The first-order valence-corrected chi connectivity index (χ1v) is 10.7. The lowest BCUT2D eigenvalue weighted by Gasteiger charge is -2.17. The van der Waals surface area contributed by atoms with Crippen LogP contribution in [0.25, 0.3) is 0 Å². The largest absolute Gasteiger partial charge is 0.349 e. The third-order valence-corrected chi connectivity index (χ3v) is 4.54. The van der Waals surface area contributed by atoms with Gasteiger partial charge in [0.25, 0.3) is 25.8 Å². The van der Waals surface area contributed by atoms with Crippen LogP contribution in [0, 0.1) is 6.92 Å². The maximum atomic E-state index is 11.9. The zero-order chi connectivity index (χ0) is 19.0. The van der Waals surface area contributed by atoms with E-state index < -0.39 is 56.5 Å². The first-order valence-electron chi connectivity index (χ1n) is 7.06. The average Bonchev–Trinajstić information content (AvgIpc) is 2.80. The van der Waals surface area contributed by atoms with Gasteiger partial charge in [0.15, 0.2) is 0 Å². The lowest BCUT2D eigenvalue weighted by molar-refractivity contribution is -0.0353. The number of nitrogens with one attached hydrogen (secondary N) is 1. The Balaban J connectivity index is 2.29. The van der Waals surface area contributed by atoms with Gasteiger partial charge in [0.05, 0.1) is 19.1 Å². The smallest absolute Gasteiger partial charge is 0.330 e. The van der Waals surface area contributed by atoms with E-state index in [0.29, 0.717) is 0 Å². The van der Waals surface area contributed by atoms with Gasteiger partial charge in [-0.3, -0.25) is 22.7 Å². The van der Waals surface area contributed by atoms with E-state index in [-0.39, 0.29) is 12.0 Å². The Bertz CT molecular complexity index is 961. The molecule has 0 amide bonds. The van der Waals surface area contributed by atoms with Crippen LogP contribution in [0.15, 0.2) is 15.8 Å². The lowest BCUT2D eigenvalue weighted by Crippen LogP contribution is -2.33. The van der Waals surface area contributed by atoms with Gasteiger partial charge in [-0.1, -0.05) is 0 Å². The minimum Gasteiger partial charge on any atom is -0.349 e. The number of rotatable bonds is 6. The Morgan fingerprint density at radius 3 is 2.44 bits per heavy atom. The van der Waals surface area contributed by atoms with E-state index in [9.17, 15) is 26.4 Å². The number of hydrogen-bond acceptors (Lipinski definition) is 9. The van der Waals surface area contributed by atoms with Crippen molar-refractivity contribution in [3.05, 3.63) is 32.6 Å². The maximum absolute atomic E-state index is 11.9. The summed E-state index contributed by atoms with van der Waals surface area (Å²) < 4.78 is 61.2. The molecule has 3 atom stereocenters. The van der Waals surface area contributed by atoms with Crippen LogP contribution >= 0.6 is 0 Å². The minimum absolute atomic E-state index is 0.0593. The highest BCUT2D eigenvalue weighted by Crippen LogP contribution is 2.31. The molecule has 0 bridgehead atoms. The molecule has 0 saturated carbocycles. The van der Waals surface area contributed by atoms with Gasteiger partial charge in [0.1, 0.15) is 18.4 Å². The summed E-state index contributed by atoms with van der Waals surface area (Å²) in [6, 6.07) is 0. The van der Waals surface area contributed by atoms with Crippen LogP contribution in [0.1, 0.15) is 18.2 Å². The Morgan fingerprint density at radius 2 is 1.88 bits per heavy atom. The standard InChI is InChI=1S/C12H18N2O9S2/c1-7-5-14(12(16)13-11(7)15)10-4-8(23-25(3,19)20)9(22-10)6-21-24(2,17)18/h5,8-10H,4,6H2,1-3H3,(H,13,15,16)/t8-,9-,10-/m0/s1. The van der Waals surface area contributed by atoms with E-state index in [1.54, 1.807) is 0 Å². The van der Waals surface area contributed by atoms with Crippen LogP contribution in [0.3, 0.4) is 0 Å². The van der Waals surface area contributed by atoms with Gasteiger partial charge >= 0.3 is 5.69 Å². The molecule has 1 aliphatic heterocycles. The summed E-state index contributed by atoms with van der Waals surface area (Å²) in [6.45, 7) is 1.01. The summed E-state index contributed by atoms with van der Waals surface area (Å²) in [5, 5.41) is 0. The topological polar surface area (TPSA) is 151 Å².